The molecule has 8 nitrogen and oxygen atoms in total. The van der Waals surface area contributed by atoms with Gasteiger partial charge in [0.15, 0.2) is 0 Å². The molecule has 0 aliphatic rings. The van der Waals surface area contributed by atoms with Crippen molar-refractivity contribution in [1.29, 1.82) is 0 Å². The van der Waals surface area contributed by atoms with Crippen molar-refractivity contribution in [1.82, 2.24) is 10.2 Å². The molecule has 3 aromatic carbocycles. The summed E-state index contributed by atoms with van der Waals surface area (Å²) in [5, 5.41) is 3.35. The standard InChI is InChI=1S/C27H29Cl2N3O5S/c1-4-30-27(34)19(2)31(17-23-24(28)11-8-12-25(23)29)26(33)18-32(38(3,35)36)20-13-15-22(16-14-20)37-21-9-6-5-7-10-21/h5-16,19H,4,17-18H2,1-3H3,(H,30,34). The fourth-order valence-corrected chi connectivity index (χ4v) is 5.04. The van der Waals surface area contributed by atoms with Crippen LogP contribution >= 0.6 is 23.2 Å². The highest BCUT2D eigenvalue weighted by atomic mass is 35.5. The van der Waals surface area contributed by atoms with Gasteiger partial charge in [-0.2, -0.15) is 0 Å². The lowest BCUT2D eigenvalue weighted by Gasteiger charge is -2.31. The molecule has 0 radical (unpaired) electrons. The quantitative estimate of drug-likeness (QED) is 0.342. The van der Waals surface area contributed by atoms with E-state index in [0.717, 1.165) is 10.6 Å². The molecule has 0 aliphatic carbocycles. The smallest absolute Gasteiger partial charge is 0.244 e. The summed E-state index contributed by atoms with van der Waals surface area (Å²) in [5.41, 5.74) is 0.719. The second-order valence-corrected chi connectivity index (χ2v) is 11.2. The Morgan fingerprint density at radius 1 is 0.921 bits per heavy atom. The molecule has 202 valence electrons. The molecule has 3 aromatic rings. The molecular formula is C27H29Cl2N3O5S. The highest BCUT2D eigenvalue weighted by Crippen LogP contribution is 2.28. The summed E-state index contributed by atoms with van der Waals surface area (Å²) in [6.45, 7) is 3.07. The summed E-state index contributed by atoms with van der Waals surface area (Å²) >= 11 is 12.7. The zero-order valence-electron chi connectivity index (χ0n) is 21.2. The second kappa shape index (κ2) is 13.0. The third-order valence-corrected chi connectivity index (χ3v) is 7.54. The number of ether oxygens (including phenoxy) is 1. The third kappa shape index (κ3) is 7.63. The summed E-state index contributed by atoms with van der Waals surface area (Å²) < 4.78 is 32.2. The predicted octanol–water partition coefficient (Wildman–Crippen LogP) is 5.11. The number of carbonyl (C=O) groups is 2. The van der Waals surface area contributed by atoms with Crippen LogP contribution < -0.4 is 14.4 Å². The van der Waals surface area contributed by atoms with Crippen LogP contribution in [0.1, 0.15) is 19.4 Å². The minimum absolute atomic E-state index is 0.0862. The number of carbonyl (C=O) groups excluding carboxylic acids is 2. The van der Waals surface area contributed by atoms with E-state index < -0.39 is 34.4 Å². The number of nitrogens with one attached hydrogen (secondary N) is 1. The average molecular weight is 579 g/mol. The number of rotatable bonds is 11. The number of halogens is 2. The Morgan fingerprint density at radius 2 is 1.50 bits per heavy atom. The molecular weight excluding hydrogens is 549 g/mol. The molecule has 0 aromatic heterocycles. The SMILES string of the molecule is CCNC(=O)C(C)N(Cc1c(Cl)cccc1Cl)C(=O)CN(c1ccc(Oc2ccccc2)cc1)S(C)(=O)=O. The van der Waals surface area contributed by atoms with Gasteiger partial charge in [0.1, 0.15) is 24.1 Å². The van der Waals surface area contributed by atoms with Gasteiger partial charge in [-0.3, -0.25) is 13.9 Å². The van der Waals surface area contributed by atoms with Crippen molar-refractivity contribution in [3.05, 3.63) is 88.4 Å². The summed E-state index contributed by atoms with van der Waals surface area (Å²) in [7, 11) is -3.87. The average Bonchev–Trinajstić information content (AvgIpc) is 2.87. The molecule has 0 bridgehead atoms. The first-order valence-electron chi connectivity index (χ1n) is 11.8. The Balaban J connectivity index is 1.89. The monoisotopic (exact) mass is 577 g/mol. The van der Waals surface area contributed by atoms with E-state index in [1.54, 1.807) is 68.4 Å². The Morgan fingerprint density at radius 3 is 2.05 bits per heavy atom. The minimum Gasteiger partial charge on any atom is -0.457 e. The van der Waals surface area contributed by atoms with E-state index in [-0.39, 0.29) is 12.2 Å². The largest absolute Gasteiger partial charge is 0.457 e. The van der Waals surface area contributed by atoms with Crippen molar-refractivity contribution >= 4 is 50.7 Å². The van der Waals surface area contributed by atoms with Gasteiger partial charge in [0.05, 0.1) is 11.9 Å². The van der Waals surface area contributed by atoms with Crippen LogP contribution in [0.3, 0.4) is 0 Å². The lowest BCUT2D eigenvalue weighted by molar-refractivity contribution is -0.139. The summed E-state index contributed by atoms with van der Waals surface area (Å²) in [4.78, 5) is 27.5. The highest BCUT2D eigenvalue weighted by Gasteiger charge is 2.30. The van der Waals surface area contributed by atoms with Crippen molar-refractivity contribution in [2.24, 2.45) is 0 Å². The summed E-state index contributed by atoms with van der Waals surface area (Å²) in [6.07, 6.45) is 1.01. The van der Waals surface area contributed by atoms with Crippen LogP contribution in [0.25, 0.3) is 0 Å². The van der Waals surface area contributed by atoms with Gasteiger partial charge in [0, 0.05) is 28.7 Å². The number of sulfonamides is 1. The molecule has 2 amide bonds. The normalized spacial score (nSPS) is 11.9. The molecule has 0 spiro atoms. The maximum Gasteiger partial charge on any atom is 0.244 e. The fourth-order valence-electron chi connectivity index (χ4n) is 3.68. The molecule has 38 heavy (non-hydrogen) atoms. The van der Waals surface area contributed by atoms with Crippen LogP contribution in [-0.2, 0) is 26.2 Å². The molecule has 0 saturated carbocycles. The first-order valence-corrected chi connectivity index (χ1v) is 14.4. The number of anilines is 1. The Hall–Kier alpha value is -3.27. The van der Waals surface area contributed by atoms with Crippen LogP contribution in [0, 0.1) is 0 Å². The number of hydrogen-bond acceptors (Lipinski definition) is 5. The molecule has 0 saturated heterocycles. The van der Waals surface area contributed by atoms with E-state index in [1.807, 2.05) is 18.2 Å². The molecule has 3 rings (SSSR count). The van der Waals surface area contributed by atoms with Gasteiger partial charge in [-0.25, -0.2) is 8.42 Å². The Bertz CT molecular complexity index is 1350. The van der Waals surface area contributed by atoms with E-state index in [1.165, 1.54) is 4.90 Å². The van der Waals surface area contributed by atoms with Crippen molar-refractivity contribution in [2.75, 3.05) is 23.7 Å². The zero-order valence-corrected chi connectivity index (χ0v) is 23.6. The summed E-state index contributed by atoms with van der Waals surface area (Å²) in [6, 6.07) is 19.5. The molecule has 0 aliphatic heterocycles. The molecule has 1 unspecified atom stereocenters. The van der Waals surface area contributed by atoms with Gasteiger partial charge in [-0.15, -0.1) is 0 Å². The zero-order chi connectivity index (χ0) is 27.9. The van der Waals surface area contributed by atoms with Gasteiger partial charge >= 0.3 is 0 Å². The van der Waals surface area contributed by atoms with Crippen LogP contribution in [0.2, 0.25) is 10.0 Å². The maximum absolute atomic E-state index is 13.6. The lowest BCUT2D eigenvalue weighted by atomic mass is 10.1. The van der Waals surface area contributed by atoms with E-state index in [9.17, 15) is 18.0 Å². The van der Waals surface area contributed by atoms with Crippen LogP contribution in [0.4, 0.5) is 5.69 Å². The van der Waals surface area contributed by atoms with Gasteiger partial charge < -0.3 is 15.0 Å². The van der Waals surface area contributed by atoms with Gasteiger partial charge in [0.2, 0.25) is 21.8 Å². The molecule has 0 heterocycles. The number of amides is 2. The van der Waals surface area contributed by atoms with Crippen molar-refractivity contribution < 1.29 is 22.7 Å². The molecule has 1 N–H and O–H groups in total. The minimum atomic E-state index is -3.87. The number of nitrogens with zero attached hydrogens (tertiary/aromatic N) is 2. The highest BCUT2D eigenvalue weighted by molar-refractivity contribution is 7.92. The van der Waals surface area contributed by atoms with Crippen LogP contribution in [0.15, 0.2) is 72.8 Å². The summed E-state index contributed by atoms with van der Waals surface area (Å²) in [5.74, 6) is 0.135. The van der Waals surface area contributed by atoms with Gasteiger partial charge in [0.25, 0.3) is 0 Å². The van der Waals surface area contributed by atoms with Crippen molar-refractivity contribution in [2.45, 2.75) is 26.4 Å². The molecule has 0 fully saturated rings. The van der Waals surface area contributed by atoms with Gasteiger partial charge in [-0.05, 0) is 62.4 Å². The van der Waals surface area contributed by atoms with Crippen LogP contribution in [-0.4, -0.2) is 50.5 Å². The number of benzene rings is 3. The number of para-hydroxylation sites is 1. The van der Waals surface area contributed by atoms with Crippen molar-refractivity contribution in [3.8, 4) is 11.5 Å². The van der Waals surface area contributed by atoms with Gasteiger partial charge in [-0.1, -0.05) is 47.5 Å². The van der Waals surface area contributed by atoms with Crippen molar-refractivity contribution in [3.63, 3.8) is 0 Å². The Kier molecular flexibility index (Phi) is 10.0. The van der Waals surface area contributed by atoms with E-state index in [2.05, 4.69) is 5.32 Å². The van der Waals surface area contributed by atoms with E-state index in [0.29, 0.717) is 33.7 Å². The number of likely N-dealkylation sites (N-methyl/N-ethyl adjacent to an activating group) is 1. The van der Waals surface area contributed by atoms with E-state index >= 15 is 0 Å². The van der Waals surface area contributed by atoms with E-state index in [4.69, 9.17) is 27.9 Å². The molecule has 11 heteroatoms. The number of hydrogen-bond donors (Lipinski definition) is 1. The topological polar surface area (TPSA) is 96.0 Å². The fraction of sp³-hybridized carbons (Fsp3) is 0.259. The first kappa shape index (κ1) is 29.3. The maximum atomic E-state index is 13.6. The van der Waals surface area contributed by atoms with Crippen LogP contribution in [0.5, 0.6) is 11.5 Å². The predicted molar refractivity (Wildman–Crippen MR) is 150 cm³/mol. The first-order chi connectivity index (χ1) is 18.0. The molecule has 1 atom stereocenters. The second-order valence-electron chi connectivity index (χ2n) is 8.47. The lowest BCUT2D eigenvalue weighted by Crippen LogP contribution is -2.51. The third-order valence-electron chi connectivity index (χ3n) is 5.69. The Labute approximate surface area is 233 Å².